The van der Waals surface area contributed by atoms with Crippen LogP contribution in [0.1, 0.15) is 25.0 Å². The molecule has 1 aromatic carbocycles. The Bertz CT molecular complexity index is 1180. The number of anilines is 1. The molecule has 3 N–H and O–H groups in total. The van der Waals surface area contributed by atoms with E-state index < -0.39 is 0 Å². The predicted octanol–water partition coefficient (Wildman–Crippen LogP) is 4.14. The van der Waals surface area contributed by atoms with Crippen molar-refractivity contribution in [1.82, 2.24) is 20.0 Å². The van der Waals surface area contributed by atoms with Gasteiger partial charge >= 0.3 is 0 Å². The summed E-state index contributed by atoms with van der Waals surface area (Å²) in [6.45, 7) is 1.80. The predicted molar refractivity (Wildman–Crippen MR) is 141 cm³/mol. The van der Waals surface area contributed by atoms with Crippen LogP contribution < -0.4 is 16.0 Å². The highest BCUT2D eigenvalue weighted by molar-refractivity contribution is 8.04. The van der Waals surface area contributed by atoms with Crippen LogP contribution in [0.2, 0.25) is 0 Å². The number of hydrogen-bond donors (Lipinski definition) is 3. The van der Waals surface area contributed by atoms with Crippen molar-refractivity contribution >= 4 is 65.8 Å². The van der Waals surface area contributed by atoms with Crippen molar-refractivity contribution in [2.75, 3.05) is 18.4 Å². The van der Waals surface area contributed by atoms with Crippen LogP contribution in [0.15, 0.2) is 64.7 Å². The smallest absolute Gasteiger partial charge is 0.258 e. The number of imidazole rings is 1. The number of thioether (sulfide) groups is 1. The minimum atomic E-state index is -0.225. The highest BCUT2D eigenvalue weighted by Crippen LogP contribution is 2.34. The first-order valence-electron chi connectivity index (χ1n) is 10.9. The van der Waals surface area contributed by atoms with Crippen LogP contribution in [0.4, 0.5) is 5.69 Å². The number of para-hydroxylation sites is 1. The maximum absolute atomic E-state index is 13.3. The van der Waals surface area contributed by atoms with Gasteiger partial charge in [0.15, 0.2) is 0 Å². The van der Waals surface area contributed by atoms with Gasteiger partial charge in [-0.3, -0.25) is 14.0 Å². The van der Waals surface area contributed by atoms with Gasteiger partial charge in [0.25, 0.3) is 5.91 Å². The molecule has 4 heterocycles. The molecule has 0 saturated carbocycles. The van der Waals surface area contributed by atoms with Gasteiger partial charge in [-0.1, -0.05) is 36.0 Å². The summed E-state index contributed by atoms with van der Waals surface area (Å²) in [5, 5.41) is 10.5. The van der Waals surface area contributed by atoms with Gasteiger partial charge in [0.05, 0.1) is 21.8 Å². The van der Waals surface area contributed by atoms with E-state index in [0.717, 1.165) is 48.0 Å². The fourth-order valence-electron chi connectivity index (χ4n) is 4.35. The Morgan fingerprint density at radius 3 is 2.62 bits per heavy atom. The lowest BCUT2D eigenvalue weighted by Gasteiger charge is -2.31. The molecule has 0 bridgehead atoms. The third kappa shape index (κ3) is 5.75. The zero-order chi connectivity index (χ0) is 21.9. The number of pyridine rings is 1. The number of aromatic nitrogens is 2. The summed E-state index contributed by atoms with van der Waals surface area (Å²) in [4.78, 5) is 31.1. The minimum absolute atomic E-state index is 0. The van der Waals surface area contributed by atoms with Gasteiger partial charge in [-0.2, -0.15) is 0 Å². The van der Waals surface area contributed by atoms with E-state index in [1.807, 2.05) is 59.0 Å². The van der Waals surface area contributed by atoms with E-state index in [1.165, 1.54) is 11.8 Å². The molecule has 34 heavy (non-hydrogen) atoms. The lowest BCUT2D eigenvalue weighted by molar-refractivity contribution is -0.119. The summed E-state index contributed by atoms with van der Waals surface area (Å²) in [6, 6.07) is 15.1. The van der Waals surface area contributed by atoms with Crippen LogP contribution >= 0.6 is 36.6 Å². The molecule has 7 nitrogen and oxygen atoms in total. The molecule has 5 rings (SSSR count). The molecule has 2 aliphatic heterocycles. The number of nitrogens with one attached hydrogen (secondary N) is 3. The number of amides is 2. The molecule has 0 aliphatic carbocycles. The molecule has 0 spiro atoms. The fraction of sp³-hybridized carbons (Fsp3) is 0.292. The Morgan fingerprint density at radius 2 is 1.85 bits per heavy atom. The second-order valence-corrected chi connectivity index (χ2v) is 9.20. The molecule has 1 fully saturated rings. The van der Waals surface area contributed by atoms with E-state index in [9.17, 15) is 9.59 Å². The number of hydrogen-bond acceptors (Lipinski definition) is 5. The van der Waals surface area contributed by atoms with Gasteiger partial charge in [0.1, 0.15) is 5.65 Å². The molecule has 1 unspecified atom stereocenters. The summed E-state index contributed by atoms with van der Waals surface area (Å²) in [5.41, 5.74) is 2.52. The fourth-order valence-corrected chi connectivity index (χ4v) is 5.35. The number of rotatable bonds is 6. The zero-order valence-electron chi connectivity index (χ0n) is 18.4. The van der Waals surface area contributed by atoms with E-state index in [-0.39, 0.29) is 55.0 Å². The van der Waals surface area contributed by atoms with Crippen molar-refractivity contribution in [3.63, 3.8) is 0 Å². The summed E-state index contributed by atoms with van der Waals surface area (Å²) in [6.07, 6.45) is 5.76. The van der Waals surface area contributed by atoms with Crippen LogP contribution in [0.5, 0.6) is 0 Å². The number of piperidine rings is 1. The summed E-state index contributed by atoms with van der Waals surface area (Å²) >= 11 is 1.43. The molecule has 180 valence electrons. The second-order valence-electron chi connectivity index (χ2n) is 8.14. The van der Waals surface area contributed by atoms with Crippen LogP contribution in [-0.4, -0.2) is 40.3 Å². The van der Waals surface area contributed by atoms with Crippen LogP contribution in [0, 0.1) is 5.92 Å². The number of nitrogens with zero attached hydrogens (tertiary/aromatic N) is 2. The van der Waals surface area contributed by atoms with E-state index in [1.54, 1.807) is 6.20 Å². The maximum atomic E-state index is 13.3. The molecular weight excluding hydrogens is 493 g/mol. The molecule has 1 atom stereocenters. The monoisotopic (exact) mass is 519 g/mol. The van der Waals surface area contributed by atoms with Gasteiger partial charge in [-0.25, -0.2) is 4.98 Å². The van der Waals surface area contributed by atoms with E-state index in [4.69, 9.17) is 0 Å². The minimum Gasteiger partial charge on any atom is -0.348 e. The van der Waals surface area contributed by atoms with E-state index >= 15 is 0 Å². The standard InChI is InChI=1S/C24H25N5O2S.2ClH/c30-22(27-17-5-2-1-3-6-17)14-19(16-9-11-25-12-10-16)28-24(31)20-13-18-15-26-21-7-4-8-23(32-20)29(18)21;;/h1-8,13,15-16,19,25H,9-12,14H2,(H,27,30)(H,28,31);2*1H. The molecule has 2 aliphatic rings. The summed E-state index contributed by atoms with van der Waals surface area (Å²) in [5.74, 6) is 0.0218. The summed E-state index contributed by atoms with van der Waals surface area (Å²) in [7, 11) is 0. The highest BCUT2D eigenvalue weighted by Gasteiger charge is 2.29. The average molecular weight is 520 g/mol. The zero-order valence-corrected chi connectivity index (χ0v) is 20.8. The lowest BCUT2D eigenvalue weighted by Crippen LogP contribution is -2.46. The normalized spacial score (nSPS) is 15.9. The van der Waals surface area contributed by atoms with Crippen molar-refractivity contribution < 1.29 is 9.59 Å². The Balaban J connectivity index is 0.00000162. The molecule has 10 heteroatoms. The van der Waals surface area contributed by atoms with Crippen LogP contribution in [0.25, 0.3) is 11.7 Å². The van der Waals surface area contributed by atoms with Gasteiger partial charge < -0.3 is 16.0 Å². The Morgan fingerprint density at radius 1 is 1.09 bits per heavy atom. The van der Waals surface area contributed by atoms with E-state index in [0.29, 0.717) is 4.91 Å². The van der Waals surface area contributed by atoms with Gasteiger partial charge in [0, 0.05) is 18.2 Å². The second kappa shape index (κ2) is 11.8. The molecule has 0 radical (unpaired) electrons. The summed E-state index contributed by atoms with van der Waals surface area (Å²) < 4.78 is 2.04. The highest BCUT2D eigenvalue weighted by atomic mass is 35.5. The van der Waals surface area contributed by atoms with Crippen molar-refractivity contribution in [1.29, 1.82) is 0 Å². The number of benzene rings is 1. The molecule has 1 saturated heterocycles. The molecular formula is C24H27Cl2N5O2S. The van der Waals surface area contributed by atoms with Crippen LogP contribution in [0.3, 0.4) is 0 Å². The first-order chi connectivity index (χ1) is 15.7. The number of carbonyl (C=O) groups excluding carboxylic acids is 2. The van der Waals surface area contributed by atoms with Crippen molar-refractivity contribution in [3.05, 3.63) is 65.3 Å². The lowest BCUT2D eigenvalue weighted by atomic mass is 9.88. The SMILES string of the molecule is Cl.Cl.O=C(CC(NC(=O)C1=Cc2cnc3cccc(n23)S1)C1CCNCC1)Nc1ccccc1. The quantitative estimate of drug-likeness (QED) is 0.455. The number of halogens is 2. The first kappa shape index (κ1) is 26.1. The molecule has 2 aromatic heterocycles. The molecule has 3 aromatic rings. The van der Waals surface area contributed by atoms with Crippen molar-refractivity contribution in [2.24, 2.45) is 5.92 Å². The van der Waals surface area contributed by atoms with Gasteiger partial charge in [0.2, 0.25) is 5.91 Å². The third-order valence-electron chi connectivity index (χ3n) is 5.97. The van der Waals surface area contributed by atoms with Crippen molar-refractivity contribution in [3.8, 4) is 0 Å². The Hall–Kier alpha value is -2.52. The topological polar surface area (TPSA) is 87.5 Å². The number of carbonyl (C=O) groups is 2. The van der Waals surface area contributed by atoms with Gasteiger partial charge in [-0.05, 0) is 62.2 Å². The molecule has 2 amide bonds. The Kier molecular flexibility index (Phi) is 9.02. The average Bonchev–Trinajstić information content (AvgIpc) is 3.24. The largest absolute Gasteiger partial charge is 0.348 e. The van der Waals surface area contributed by atoms with Crippen molar-refractivity contribution in [2.45, 2.75) is 30.3 Å². The Labute approximate surface area is 215 Å². The first-order valence-corrected chi connectivity index (χ1v) is 11.7. The van der Waals surface area contributed by atoms with E-state index in [2.05, 4.69) is 20.9 Å². The maximum Gasteiger partial charge on any atom is 0.258 e. The third-order valence-corrected chi connectivity index (χ3v) is 7.02. The van der Waals surface area contributed by atoms with Gasteiger partial charge in [-0.15, -0.1) is 24.8 Å². The van der Waals surface area contributed by atoms with Crippen LogP contribution in [-0.2, 0) is 9.59 Å².